The maximum atomic E-state index is 5.63. The van der Waals surface area contributed by atoms with Crippen LogP contribution in [0.2, 0.25) is 0 Å². The fourth-order valence-electron chi connectivity index (χ4n) is 2.51. The van der Waals surface area contributed by atoms with E-state index >= 15 is 0 Å². The lowest BCUT2D eigenvalue weighted by Gasteiger charge is -2.19. The van der Waals surface area contributed by atoms with Crippen molar-refractivity contribution in [2.24, 2.45) is 10.8 Å². The molecule has 4 nitrogen and oxygen atoms in total. The molecule has 3 N–H and O–H groups in total. The molecule has 0 radical (unpaired) electrons. The number of anilines is 1. The molecule has 0 aliphatic heterocycles. The molecule has 0 bridgehead atoms. The Labute approximate surface area is 115 Å². The maximum Gasteiger partial charge on any atom is 0.142 e. The van der Waals surface area contributed by atoms with Crippen molar-refractivity contribution < 1.29 is 0 Å². The Morgan fingerprint density at radius 1 is 1.16 bits per heavy atom. The van der Waals surface area contributed by atoms with Gasteiger partial charge in [0.25, 0.3) is 0 Å². The van der Waals surface area contributed by atoms with Crippen molar-refractivity contribution in [1.29, 1.82) is 0 Å². The molecule has 0 aromatic heterocycles. The minimum atomic E-state index is 0.424. The van der Waals surface area contributed by atoms with E-state index in [1.54, 1.807) is 0 Å². The van der Waals surface area contributed by atoms with E-state index < -0.39 is 0 Å². The third kappa shape index (κ3) is 3.70. The summed E-state index contributed by atoms with van der Waals surface area (Å²) in [4.78, 5) is 6.85. The van der Waals surface area contributed by atoms with Gasteiger partial charge in [0, 0.05) is 25.3 Å². The number of hydrogen-bond donors (Lipinski definition) is 2. The van der Waals surface area contributed by atoms with Crippen LogP contribution in [0.3, 0.4) is 0 Å². The minimum Gasteiger partial charge on any atom is -0.378 e. The second kappa shape index (κ2) is 6.57. The van der Waals surface area contributed by atoms with E-state index in [1.165, 1.54) is 37.8 Å². The van der Waals surface area contributed by atoms with Crippen LogP contribution in [0.25, 0.3) is 0 Å². The molecule has 0 atom stereocenters. The van der Waals surface area contributed by atoms with Crippen molar-refractivity contribution >= 4 is 11.5 Å². The van der Waals surface area contributed by atoms with Crippen molar-refractivity contribution in [2.45, 2.75) is 38.1 Å². The van der Waals surface area contributed by atoms with Crippen molar-refractivity contribution in [1.82, 2.24) is 5.43 Å². The summed E-state index contributed by atoms with van der Waals surface area (Å²) in [7, 11) is 4.07. The zero-order valence-electron chi connectivity index (χ0n) is 11.9. The molecule has 4 heteroatoms. The maximum absolute atomic E-state index is 5.63. The number of hydrogen-bond acceptors (Lipinski definition) is 3. The first kappa shape index (κ1) is 13.9. The van der Waals surface area contributed by atoms with Crippen molar-refractivity contribution in [3.63, 3.8) is 0 Å². The predicted octanol–water partition coefficient (Wildman–Crippen LogP) is 2.30. The normalized spacial score (nSPS) is 17.3. The molecule has 1 fully saturated rings. The van der Waals surface area contributed by atoms with Crippen LogP contribution in [0.15, 0.2) is 29.3 Å². The van der Waals surface area contributed by atoms with E-state index in [4.69, 9.17) is 10.8 Å². The quantitative estimate of drug-likeness (QED) is 0.379. The Kier molecular flexibility index (Phi) is 4.80. The van der Waals surface area contributed by atoms with Crippen LogP contribution in [-0.4, -0.2) is 26.0 Å². The number of hydrazine groups is 1. The molecular weight excluding hydrogens is 236 g/mol. The third-order valence-corrected chi connectivity index (χ3v) is 3.68. The monoisotopic (exact) mass is 260 g/mol. The summed E-state index contributed by atoms with van der Waals surface area (Å²) in [6.07, 6.45) is 6.27. The average Bonchev–Trinajstić information content (AvgIpc) is 2.46. The number of nitrogens with zero attached hydrogens (tertiary/aromatic N) is 2. The molecule has 1 saturated carbocycles. The van der Waals surface area contributed by atoms with Gasteiger partial charge >= 0.3 is 0 Å². The van der Waals surface area contributed by atoms with E-state index in [-0.39, 0.29) is 0 Å². The van der Waals surface area contributed by atoms with E-state index in [0.717, 1.165) is 11.4 Å². The van der Waals surface area contributed by atoms with Crippen molar-refractivity contribution in [3.05, 3.63) is 29.8 Å². The van der Waals surface area contributed by atoms with Crippen LogP contribution in [-0.2, 0) is 0 Å². The fraction of sp³-hybridized carbons (Fsp3) is 0.533. The number of rotatable bonds is 3. The zero-order chi connectivity index (χ0) is 13.7. The average molecular weight is 260 g/mol. The van der Waals surface area contributed by atoms with Crippen molar-refractivity contribution in [2.75, 3.05) is 19.0 Å². The lowest BCUT2D eigenvalue weighted by Crippen LogP contribution is -2.32. The Morgan fingerprint density at radius 3 is 2.32 bits per heavy atom. The summed E-state index contributed by atoms with van der Waals surface area (Å²) in [5.41, 5.74) is 4.98. The molecular formula is C15H24N4. The van der Waals surface area contributed by atoms with Gasteiger partial charge in [-0.05, 0) is 37.1 Å². The Bertz CT molecular complexity index is 416. The third-order valence-electron chi connectivity index (χ3n) is 3.68. The summed E-state index contributed by atoms with van der Waals surface area (Å²) in [5, 5.41) is 0. The largest absolute Gasteiger partial charge is 0.378 e. The summed E-state index contributed by atoms with van der Waals surface area (Å²) < 4.78 is 0. The Hall–Kier alpha value is -1.55. The molecule has 2 rings (SSSR count). The van der Waals surface area contributed by atoms with Gasteiger partial charge in [-0.25, -0.2) is 5.84 Å². The number of amidine groups is 1. The molecule has 0 heterocycles. The molecule has 19 heavy (non-hydrogen) atoms. The fourth-order valence-corrected chi connectivity index (χ4v) is 2.51. The highest BCUT2D eigenvalue weighted by Crippen LogP contribution is 2.21. The van der Waals surface area contributed by atoms with Gasteiger partial charge in [-0.15, -0.1) is 0 Å². The number of nitrogens with one attached hydrogen (secondary N) is 1. The Balaban J connectivity index is 2.13. The van der Waals surface area contributed by atoms with Crippen LogP contribution < -0.4 is 16.2 Å². The number of aliphatic imine (C=N–C) groups is 1. The summed E-state index contributed by atoms with van der Waals surface area (Å²) >= 11 is 0. The molecule has 104 valence electrons. The zero-order valence-corrected chi connectivity index (χ0v) is 11.9. The molecule has 1 aromatic carbocycles. The van der Waals surface area contributed by atoms with Gasteiger partial charge in [-0.3, -0.25) is 4.99 Å². The lowest BCUT2D eigenvalue weighted by molar-refractivity contribution is 0.442. The minimum absolute atomic E-state index is 0.424. The van der Waals surface area contributed by atoms with Gasteiger partial charge in [0.15, 0.2) is 0 Å². The van der Waals surface area contributed by atoms with Crippen LogP contribution in [0.5, 0.6) is 0 Å². The number of benzene rings is 1. The molecule has 0 saturated heterocycles. The van der Waals surface area contributed by atoms with Gasteiger partial charge in [-0.2, -0.15) is 0 Å². The number of nitrogens with two attached hydrogens (primary N) is 1. The molecule has 1 aliphatic rings. The molecule has 1 aromatic rings. The predicted molar refractivity (Wildman–Crippen MR) is 81.5 cm³/mol. The van der Waals surface area contributed by atoms with Crippen LogP contribution in [0.4, 0.5) is 5.69 Å². The highest BCUT2D eigenvalue weighted by molar-refractivity contribution is 5.98. The van der Waals surface area contributed by atoms with Gasteiger partial charge < -0.3 is 10.3 Å². The molecule has 1 aliphatic carbocycles. The van der Waals surface area contributed by atoms with Crippen LogP contribution in [0.1, 0.15) is 37.7 Å². The summed E-state index contributed by atoms with van der Waals surface area (Å²) in [5.74, 6) is 6.43. The molecule has 0 amide bonds. The Morgan fingerprint density at radius 2 is 1.79 bits per heavy atom. The van der Waals surface area contributed by atoms with Gasteiger partial charge in [-0.1, -0.05) is 19.3 Å². The second-order valence-electron chi connectivity index (χ2n) is 5.36. The first-order valence-corrected chi connectivity index (χ1v) is 7.03. The van der Waals surface area contributed by atoms with Crippen LogP contribution in [0, 0.1) is 0 Å². The molecule has 0 spiro atoms. The standard InChI is InChI=1S/C15H24N4/c1-19(2)14-10-8-12(9-11-14)15(18-16)17-13-6-4-3-5-7-13/h8-11,13H,3-7,16H2,1-2H3,(H,17,18). The second-order valence-corrected chi connectivity index (χ2v) is 5.36. The smallest absolute Gasteiger partial charge is 0.142 e. The summed E-state index contributed by atoms with van der Waals surface area (Å²) in [6, 6.07) is 8.73. The van der Waals surface area contributed by atoms with E-state index in [1.807, 2.05) is 14.1 Å². The topological polar surface area (TPSA) is 53.6 Å². The van der Waals surface area contributed by atoms with Gasteiger partial charge in [0.2, 0.25) is 0 Å². The molecule has 0 unspecified atom stereocenters. The van der Waals surface area contributed by atoms with Gasteiger partial charge in [0.1, 0.15) is 5.84 Å². The highest BCUT2D eigenvalue weighted by atomic mass is 15.3. The van der Waals surface area contributed by atoms with E-state index in [0.29, 0.717) is 6.04 Å². The highest BCUT2D eigenvalue weighted by Gasteiger charge is 2.13. The first-order valence-electron chi connectivity index (χ1n) is 7.03. The van der Waals surface area contributed by atoms with Crippen LogP contribution >= 0.6 is 0 Å². The van der Waals surface area contributed by atoms with Crippen molar-refractivity contribution in [3.8, 4) is 0 Å². The summed E-state index contributed by atoms with van der Waals surface area (Å²) in [6.45, 7) is 0. The van der Waals surface area contributed by atoms with Gasteiger partial charge in [0.05, 0.1) is 6.04 Å². The van der Waals surface area contributed by atoms with E-state index in [2.05, 4.69) is 34.6 Å². The first-order chi connectivity index (χ1) is 9.20. The SMILES string of the molecule is CN(C)c1ccc(C(=NC2CCCCC2)NN)cc1. The van der Waals surface area contributed by atoms with E-state index in [9.17, 15) is 0 Å². The lowest BCUT2D eigenvalue weighted by atomic mass is 9.96.